The first kappa shape index (κ1) is 15.0. The average Bonchev–Trinajstić information content (AvgIpc) is 2.92. The smallest absolute Gasteiger partial charge is 0.272 e. The van der Waals surface area contributed by atoms with Crippen molar-refractivity contribution in [3.8, 4) is 0 Å². The normalized spacial score (nSPS) is 17.3. The van der Waals surface area contributed by atoms with Crippen molar-refractivity contribution in [2.45, 2.75) is 52.0 Å². The molecule has 0 aliphatic heterocycles. The number of nitrogens with one attached hydrogen (secondary N) is 1. The molecule has 1 saturated carbocycles. The van der Waals surface area contributed by atoms with E-state index in [2.05, 4.69) is 12.2 Å². The highest BCUT2D eigenvalue weighted by atomic mass is 16.6. The lowest BCUT2D eigenvalue weighted by Crippen LogP contribution is -2.21. The van der Waals surface area contributed by atoms with Gasteiger partial charge in [0.2, 0.25) is 0 Å². The monoisotopic (exact) mass is 276 g/mol. The van der Waals surface area contributed by atoms with Gasteiger partial charge in [-0.2, -0.15) is 0 Å². The van der Waals surface area contributed by atoms with Gasteiger partial charge in [-0.25, -0.2) is 0 Å². The maximum Gasteiger partial charge on any atom is 0.272 e. The molecule has 2 rings (SSSR count). The highest BCUT2D eigenvalue weighted by Gasteiger charge is 2.16. The second kappa shape index (κ2) is 6.84. The fourth-order valence-corrected chi connectivity index (χ4v) is 3.01. The number of benzene rings is 1. The van der Waals surface area contributed by atoms with Crippen LogP contribution in [0, 0.1) is 23.0 Å². The predicted octanol–water partition coefficient (Wildman–Crippen LogP) is 4.13. The third-order valence-electron chi connectivity index (χ3n) is 4.41. The molecule has 0 bridgehead atoms. The van der Waals surface area contributed by atoms with Crippen molar-refractivity contribution in [1.29, 1.82) is 0 Å². The summed E-state index contributed by atoms with van der Waals surface area (Å²) in [7, 11) is 0. The van der Waals surface area contributed by atoms with Crippen LogP contribution in [-0.4, -0.2) is 11.5 Å². The van der Waals surface area contributed by atoms with E-state index < -0.39 is 0 Å². The molecule has 4 heteroatoms. The Morgan fingerprint density at radius 2 is 2.10 bits per heavy atom. The van der Waals surface area contributed by atoms with Gasteiger partial charge in [-0.15, -0.1) is 0 Å². The Labute approximate surface area is 120 Å². The van der Waals surface area contributed by atoms with Gasteiger partial charge in [0.15, 0.2) is 0 Å². The van der Waals surface area contributed by atoms with Gasteiger partial charge in [0.1, 0.15) is 0 Å². The fraction of sp³-hybridized carbons (Fsp3) is 0.625. The zero-order valence-corrected chi connectivity index (χ0v) is 12.4. The lowest BCUT2D eigenvalue weighted by Gasteiger charge is -2.16. The van der Waals surface area contributed by atoms with Gasteiger partial charge in [-0.3, -0.25) is 10.1 Å². The van der Waals surface area contributed by atoms with Crippen LogP contribution in [0.2, 0.25) is 0 Å². The van der Waals surface area contributed by atoms with Crippen LogP contribution in [0.15, 0.2) is 18.2 Å². The fourth-order valence-electron chi connectivity index (χ4n) is 3.01. The molecule has 1 fully saturated rings. The molecule has 1 aliphatic rings. The molecule has 0 heterocycles. The molecule has 0 radical (unpaired) electrons. The number of hydrogen-bond donors (Lipinski definition) is 1. The Hall–Kier alpha value is -1.42. The highest BCUT2D eigenvalue weighted by molar-refractivity contribution is 5.43. The molecule has 4 nitrogen and oxygen atoms in total. The Morgan fingerprint density at radius 3 is 2.75 bits per heavy atom. The Balaban J connectivity index is 1.89. The number of nitrogens with zero attached hydrogens (tertiary/aromatic N) is 1. The second-order valence-corrected chi connectivity index (χ2v) is 5.92. The molecule has 0 spiro atoms. The standard InChI is InChI=1S/C16H24N2O2/c1-12-7-8-15(11-16(12)18(19)20)13(2)17-10-9-14-5-3-4-6-14/h7-8,11,13-14,17H,3-6,9-10H2,1-2H3. The molecule has 0 aromatic heterocycles. The van der Waals surface area contributed by atoms with Crippen LogP contribution in [0.4, 0.5) is 5.69 Å². The number of aryl methyl sites for hydroxylation is 1. The van der Waals surface area contributed by atoms with Gasteiger partial charge in [0.05, 0.1) is 4.92 Å². The van der Waals surface area contributed by atoms with Crippen molar-refractivity contribution in [3.63, 3.8) is 0 Å². The number of hydrogen-bond acceptors (Lipinski definition) is 3. The Morgan fingerprint density at radius 1 is 1.40 bits per heavy atom. The number of nitro benzene ring substituents is 1. The van der Waals surface area contributed by atoms with Crippen LogP contribution in [0.25, 0.3) is 0 Å². The third kappa shape index (κ3) is 3.79. The molecule has 1 aromatic carbocycles. The van der Waals surface area contributed by atoms with Gasteiger partial charge in [-0.05, 0) is 38.3 Å². The van der Waals surface area contributed by atoms with Crippen molar-refractivity contribution in [3.05, 3.63) is 39.4 Å². The van der Waals surface area contributed by atoms with Crippen LogP contribution < -0.4 is 5.32 Å². The lowest BCUT2D eigenvalue weighted by atomic mass is 10.0. The summed E-state index contributed by atoms with van der Waals surface area (Å²) in [6.45, 7) is 4.84. The minimum Gasteiger partial charge on any atom is -0.310 e. The minimum absolute atomic E-state index is 0.163. The molecule has 0 amide bonds. The zero-order valence-electron chi connectivity index (χ0n) is 12.4. The molecular formula is C16H24N2O2. The largest absolute Gasteiger partial charge is 0.310 e. The Bertz CT molecular complexity index is 468. The summed E-state index contributed by atoms with van der Waals surface area (Å²) in [5.74, 6) is 0.877. The number of nitro groups is 1. The summed E-state index contributed by atoms with van der Waals surface area (Å²) in [5, 5.41) is 14.5. The summed E-state index contributed by atoms with van der Waals surface area (Å²) in [4.78, 5) is 10.7. The van der Waals surface area contributed by atoms with Crippen LogP contribution in [0.3, 0.4) is 0 Å². The lowest BCUT2D eigenvalue weighted by molar-refractivity contribution is -0.385. The summed E-state index contributed by atoms with van der Waals surface area (Å²) in [6.07, 6.45) is 6.71. The van der Waals surface area contributed by atoms with Crippen molar-refractivity contribution < 1.29 is 4.92 Å². The molecule has 110 valence electrons. The van der Waals surface area contributed by atoms with Gasteiger partial charge in [0, 0.05) is 17.7 Å². The summed E-state index contributed by atoms with van der Waals surface area (Å²) < 4.78 is 0. The molecule has 1 N–H and O–H groups in total. The highest BCUT2D eigenvalue weighted by Crippen LogP contribution is 2.27. The molecule has 0 saturated heterocycles. The molecule has 1 unspecified atom stereocenters. The molecular weight excluding hydrogens is 252 g/mol. The topological polar surface area (TPSA) is 55.2 Å². The van der Waals surface area contributed by atoms with E-state index in [0.29, 0.717) is 0 Å². The average molecular weight is 276 g/mol. The van der Waals surface area contributed by atoms with Crippen molar-refractivity contribution in [2.24, 2.45) is 5.92 Å². The van der Waals surface area contributed by atoms with Gasteiger partial charge in [0.25, 0.3) is 5.69 Å². The predicted molar refractivity (Wildman–Crippen MR) is 80.8 cm³/mol. The molecule has 1 aromatic rings. The van der Waals surface area contributed by atoms with Crippen LogP contribution in [0.5, 0.6) is 0 Å². The van der Waals surface area contributed by atoms with E-state index in [9.17, 15) is 10.1 Å². The second-order valence-electron chi connectivity index (χ2n) is 5.92. The van der Waals surface area contributed by atoms with E-state index in [-0.39, 0.29) is 16.7 Å². The van der Waals surface area contributed by atoms with E-state index in [1.165, 1.54) is 32.1 Å². The summed E-state index contributed by atoms with van der Waals surface area (Å²) >= 11 is 0. The van der Waals surface area contributed by atoms with Gasteiger partial charge < -0.3 is 5.32 Å². The maximum absolute atomic E-state index is 11.0. The van der Waals surface area contributed by atoms with E-state index in [0.717, 1.165) is 23.6 Å². The van der Waals surface area contributed by atoms with Crippen molar-refractivity contribution in [2.75, 3.05) is 6.54 Å². The van der Waals surface area contributed by atoms with E-state index >= 15 is 0 Å². The first-order valence-electron chi connectivity index (χ1n) is 7.56. The maximum atomic E-state index is 11.0. The van der Waals surface area contributed by atoms with E-state index in [1.807, 2.05) is 12.1 Å². The first-order valence-corrected chi connectivity index (χ1v) is 7.56. The molecule has 1 aliphatic carbocycles. The van der Waals surface area contributed by atoms with E-state index in [4.69, 9.17) is 0 Å². The molecule has 20 heavy (non-hydrogen) atoms. The van der Waals surface area contributed by atoms with E-state index in [1.54, 1.807) is 13.0 Å². The quantitative estimate of drug-likeness (QED) is 0.627. The molecule has 1 atom stereocenters. The third-order valence-corrected chi connectivity index (χ3v) is 4.41. The minimum atomic E-state index is -0.302. The first-order chi connectivity index (χ1) is 9.58. The zero-order chi connectivity index (χ0) is 14.5. The van der Waals surface area contributed by atoms with Gasteiger partial charge in [-0.1, -0.05) is 37.8 Å². The SMILES string of the molecule is Cc1ccc(C(C)NCCC2CCCC2)cc1[N+](=O)[O-]. The van der Waals surface area contributed by atoms with Gasteiger partial charge >= 0.3 is 0 Å². The van der Waals surface area contributed by atoms with Crippen LogP contribution >= 0.6 is 0 Å². The van der Waals surface area contributed by atoms with Crippen LogP contribution in [-0.2, 0) is 0 Å². The number of rotatable bonds is 6. The van der Waals surface area contributed by atoms with Crippen molar-refractivity contribution in [1.82, 2.24) is 5.32 Å². The summed E-state index contributed by atoms with van der Waals surface area (Å²) in [6, 6.07) is 5.68. The summed E-state index contributed by atoms with van der Waals surface area (Å²) in [5.41, 5.74) is 1.93. The Kier molecular flexibility index (Phi) is 5.12. The van der Waals surface area contributed by atoms with Crippen LogP contribution in [0.1, 0.15) is 56.2 Å². The van der Waals surface area contributed by atoms with Crippen molar-refractivity contribution >= 4 is 5.69 Å².